The van der Waals surface area contributed by atoms with E-state index in [-0.39, 0.29) is 23.3 Å². The highest BCUT2D eigenvalue weighted by molar-refractivity contribution is 6.02. The van der Waals surface area contributed by atoms with Gasteiger partial charge in [0, 0.05) is 12.6 Å². The number of nitrogens with one attached hydrogen (secondary N) is 1. The van der Waals surface area contributed by atoms with Crippen molar-refractivity contribution in [2.75, 3.05) is 6.54 Å². The second-order valence-corrected chi connectivity index (χ2v) is 5.68. The van der Waals surface area contributed by atoms with E-state index in [1.807, 2.05) is 4.90 Å². The first-order valence-electron chi connectivity index (χ1n) is 7.26. The molecule has 2 N–H and O–H groups in total. The van der Waals surface area contributed by atoms with Gasteiger partial charge in [-0.3, -0.25) is 4.79 Å². The van der Waals surface area contributed by atoms with Gasteiger partial charge in [-0.05, 0) is 31.6 Å². The summed E-state index contributed by atoms with van der Waals surface area (Å²) in [6.07, 6.45) is 8.06. The van der Waals surface area contributed by atoms with Gasteiger partial charge in [0.05, 0.1) is 6.33 Å². The minimum atomic E-state index is -1.14. The predicted octanol–water partition coefficient (Wildman–Crippen LogP) is 1.90. The van der Waals surface area contributed by atoms with Crippen molar-refractivity contribution in [1.82, 2.24) is 14.9 Å². The number of amides is 1. The maximum atomic E-state index is 12.6. The number of aromatic nitrogens is 2. The summed E-state index contributed by atoms with van der Waals surface area (Å²) >= 11 is 0. The fourth-order valence-corrected chi connectivity index (χ4v) is 3.63. The van der Waals surface area contributed by atoms with Gasteiger partial charge in [-0.2, -0.15) is 0 Å². The highest BCUT2D eigenvalue weighted by Crippen LogP contribution is 2.35. The fourth-order valence-electron chi connectivity index (χ4n) is 3.63. The second-order valence-electron chi connectivity index (χ2n) is 5.68. The first-order valence-corrected chi connectivity index (χ1v) is 7.26. The number of carboxylic acids is 1. The Hall–Kier alpha value is -1.85. The molecule has 108 valence electrons. The van der Waals surface area contributed by atoms with Crippen LogP contribution in [0, 0.1) is 5.92 Å². The van der Waals surface area contributed by atoms with Crippen molar-refractivity contribution in [1.29, 1.82) is 0 Å². The number of carbonyl (C=O) groups excluding carboxylic acids is 1. The van der Waals surface area contributed by atoms with Crippen LogP contribution in [0.3, 0.4) is 0 Å². The Balaban J connectivity index is 1.85. The van der Waals surface area contributed by atoms with E-state index in [9.17, 15) is 9.59 Å². The van der Waals surface area contributed by atoms with Crippen molar-refractivity contribution in [2.45, 2.75) is 44.6 Å². The van der Waals surface area contributed by atoms with Crippen molar-refractivity contribution in [3.8, 4) is 0 Å². The predicted molar refractivity (Wildman–Crippen MR) is 71.6 cm³/mol. The van der Waals surface area contributed by atoms with Gasteiger partial charge in [-0.15, -0.1) is 0 Å². The van der Waals surface area contributed by atoms with Crippen molar-refractivity contribution in [3.63, 3.8) is 0 Å². The highest BCUT2D eigenvalue weighted by Gasteiger charge is 2.37. The Kier molecular flexibility index (Phi) is 3.46. The van der Waals surface area contributed by atoms with Crippen molar-refractivity contribution in [3.05, 3.63) is 17.7 Å². The lowest BCUT2D eigenvalue weighted by atomic mass is 9.78. The van der Waals surface area contributed by atoms with Gasteiger partial charge in [0.15, 0.2) is 11.4 Å². The van der Waals surface area contributed by atoms with E-state index >= 15 is 0 Å². The molecule has 6 nitrogen and oxygen atoms in total. The Morgan fingerprint density at radius 2 is 2.00 bits per heavy atom. The van der Waals surface area contributed by atoms with Crippen LogP contribution in [-0.4, -0.2) is 44.4 Å². The molecule has 1 saturated heterocycles. The quantitative estimate of drug-likeness (QED) is 0.864. The van der Waals surface area contributed by atoms with Crippen LogP contribution in [0.1, 0.15) is 59.5 Å². The number of H-pyrrole nitrogens is 1. The molecular weight excluding hydrogens is 258 g/mol. The summed E-state index contributed by atoms with van der Waals surface area (Å²) in [5.74, 6) is -0.794. The zero-order valence-corrected chi connectivity index (χ0v) is 11.3. The molecule has 2 heterocycles. The lowest BCUT2D eigenvalue weighted by Gasteiger charge is -2.43. The van der Waals surface area contributed by atoms with Crippen molar-refractivity contribution >= 4 is 11.9 Å². The number of likely N-dealkylation sites (tertiary alicyclic amines) is 1. The van der Waals surface area contributed by atoms with Gasteiger partial charge in [-0.1, -0.05) is 12.8 Å². The summed E-state index contributed by atoms with van der Waals surface area (Å²) in [6, 6.07) is 0.267. The smallest absolute Gasteiger partial charge is 0.354 e. The molecule has 1 aromatic heterocycles. The third-order valence-electron chi connectivity index (χ3n) is 4.56. The number of aromatic carboxylic acids is 1. The number of rotatable bonds is 2. The number of nitrogens with zero attached hydrogens (tertiary/aromatic N) is 2. The number of carboxylic acid groups (broad SMARTS) is 1. The van der Waals surface area contributed by atoms with E-state index in [1.54, 1.807) is 0 Å². The summed E-state index contributed by atoms with van der Waals surface area (Å²) in [5, 5.41) is 9.09. The summed E-state index contributed by atoms with van der Waals surface area (Å²) < 4.78 is 0. The van der Waals surface area contributed by atoms with E-state index < -0.39 is 5.97 Å². The molecule has 2 atom stereocenters. The summed E-state index contributed by atoms with van der Waals surface area (Å²) in [4.78, 5) is 32.1. The minimum absolute atomic E-state index is 0.0451. The molecule has 2 aliphatic rings. The monoisotopic (exact) mass is 277 g/mol. The molecule has 1 amide bonds. The second kappa shape index (κ2) is 5.26. The number of imidazole rings is 1. The molecule has 2 unspecified atom stereocenters. The molecule has 6 heteroatoms. The highest BCUT2D eigenvalue weighted by atomic mass is 16.4. The molecule has 0 spiro atoms. The van der Waals surface area contributed by atoms with E-state index in [2.05, 4.69) is 9.97 Å². The van der Waals surface area contributed by atoms with Gasteiger partial charge in [0.1, 0.15) is 0 Å². The molecule has 0 aromatic carbocycles. The van der Waals surface area contributed by atoms with Gasteiger partial charge in [0.2, 0.25) is 0 Å². The molecule has 0 bridgehead atoms. The zero-order valence-electron chi connectivity index (χ0n) is 11.3. The van der Waals surface area contributed by atoms with Crippen LogP contribution >= 0.6 is 0 Å². The SMILES string of the molecule is O=C(O)c1[nH]cnc1C(=O)N1CCCC2CCCCC21. The van der Waals surface area contributed by atoms with E-state index in [0.717, 1.165) is 19.3 Å². The summed E-state index contributed by atoms with van der Waals surface area (Å²) in [6.45, 7) is 0.714. The minimum Gasteiger partial charge on any atom is -0.477 e. The lowest BCUT2D eigenvalue weighted by Crippen LogP contribution is -2.50. The van der Waals surface area contributed by atoms with Crippen LogP contribution in [-0.2, 0) is 0 Å². The molecule has 1 aromatic rings. The number of carbonyl (C=O) groups is 2. The van der Waals surface area contributed by atoms with Crippen molar-refractivity contribution in [2.24, 2.45) is 5.92 Å². The first kappa shape index (κ1) is 13.1. The number of fused-ring (bicyclic) bond motifs is 1. The summed E-state index contributed by atoms with van der Waals surface area (Å²) in [5.41, 5.74) is -0.0587. The molecule has 0 radical (unpaired) electrons. The van der Waals surface area contributed by atoms with Crippen molar-refractivity contribution < 1.29 is 14.7 Å². The van der Waals surface area contributed by atoms with Gasteiger partial charge < -0.3 is 15.0 Å². The zero-order chi connectivity index (χ0) is 14.1. The van der Waals surface area contributed by atoms with Crippen LogP contribution in [0.5, 0.6) is 0 Å². The van der Waals surface area contributed by atoms with Gasteiger partial charge >= 0.3 is 5.97 Å². The standard InChI is InChI=1S/C14H19N3O3/c18-13(11-12(14(19)20)16-8-15-11)17-7-3-5-9-4-1-2-6-10(9)17/h8-10H,1-7H2,(H,15,16)(H,19,20). The molecular formula is C14H19N3O3. The van der Waals surface area contributed by atoms with Crippen LogP contribution in [0.15, 0.2) is 6.33 Å². The maximum absolute atomic E-state index is 12.6. The topological polar surface area (TPSA) is 86.3 Å². The molecule has 1 saturated carbocycles. The number of aromatic amines is 1. The van der Waals surface area contributed by atoms with Crippen LogP contribution in [0.2, 0.25) is 0 Å². The Morgan fingerprint density at radius 3 is 2.80 bits per heavy atom. The molecule has 1 aliphatic carbocycles. The third-order valence-corrected chi connectivity index (χ3v) is 4.56. The molecule has 3 rings (SSSR count). The number of hydrogen-bond acceptors (Lipinski definition) is 3. The largest absolute Gasteiger partial charge is 0.477 e. The van der Waals surface area contributed by atoms with Gasteiger partial charge in [0.25, 0.3) is 5.91 Å². The average molecular weight is 277 g/mol. The van der Waals surface area contributed by atoms with E-state index in [1.165, 1.54) is 25.6 Å². The molecule has 20 heavy (non-hydrogen) atoms. The fraction of sp³-hybridized carbons (Fsp3) is 0.643. The first-order chi connectivity index (χ1) is 9.68. The normalized spacial score (nSPS) is 26.1. The number of piperidine rings is 1. The Bertz CT molecular complexity index is 523. The average Bonchev–Trinajstić information content (AvgIpc) is 2.95. The molecule has 1 aliphatic heterocycles. The van der Waals surface area contributed by atoms with Gasteiger partial charge in [-0.25, -0.2) is 9.78 Å². The molecule has 2 fully saturated rings. The maximum Gasteiger partial charge on any atom is 0.354 e. The Labute approximate surface area is 117 Å². The third kappa shape index (κ3) is 2.19. The van der Waals surface area contributed by atoms with Crippen LogP contribution in [0.4, 0.5) is 0 Å². The summed E-state index contributed by atoms with van der Waals surface area (Å²) in [7, 11) is 0. The van der Waals surface area contributed by atoms with Crippen LogP contribution in [0.25, 0.3) is 0 Å². The number of hydrogen-bond donors (Lipinski definition) is 2. The van der Waals surface area contributed by atoms with E-state index in [4.69, 9.17) is 5.11 Å². The Morgan fingerprint density at radius 1 is 1.25 bits per heavy atom. The van der Waals surface area contributed by atoms with Crippen LogP contribution < -0.4 is 0 Å². The lowest BCUT2D eigenvalue weighted by molar-refractivity contribution is 0.0380. The van der Waals surface area contributed by atoms with E-state index in [0.29, 0.717) is 12.5 Å².